The molecule has 1 aromatic heterocycles. The molecule has 0 amide bonds. The van der Waals surface area contributed by atoms with Gasteiger partial charge in [-0.2, -0.15) is 13.2 Å². The molecule has 0 atom stereocenters. The number of allylic oxidation sites excluding steroid dienone is 1. The number of aliphatic carboxylic acids is 1. The molecule has 37 heavy (non-hydrogen) atoms. The number of thiophene rings is 1. The first-order valence-electron chi connectivity index (χ1n) is 12.4. The molecule has 0 fully saturated rings. The molecular formula is C30H35F3O3S. The highest BCUT2D eigenvalue weighted by Crippen LogP contribution is 2.47. The number of fused-ring (bicyclic) bond motifs is 1. The van der Waals surface area contributed by atoms with Crippen molar-refractivity contribution in [1.29, 1.82) is 0 Å². The summed E-state index contributed by atoms with van der Waals surface area (Å²) in [5.74, 6) is -0.781. The highest BCUT2D eigenvalue weighted by molar-refractivity contribution is 7.20. The summed E-state index contributed by atoms with van der Waals surface area (Å²) in [6.07, 6.45) is -1.74. The number of ether oxygens (including phenoxy) is 1. The fourth-order valence-corrected chi connectivity index (χ4v) is 5.23. The molecule has 3 rings (SSSR count). The zero-order chi connectivity index (χ0) is 27.8. The molecule has 0 aliphatic carbocycles. The SMILES string of the molecule is CCC(C)(C)c1cc(-c2cccc3sc(/C(C)=C\C(=O)O)cc23)c(OCC(F)(F)F)c(C(C)(C)CC)c1. The molecule has 0 aliphatic rings. The zero-order valence-corrected chi connectivity index (χ0v) is 23.3. The maximum atomic E-state index is 13.4. The summed E-state index contributed by atoms with van der Waals surface area (Å²) in [5.41, 5.74) is 3.16. The number of halogens is 3. The van der Waals surface area contributed by atoms with E-state index in [2.05, 4.69) is 20.8 Å². The summed E-state index contributed by atoms with van der Waals surface area (Å²) in [7, 11) is 0. The zero-order valence-electron chi connectivity index (χ0n) is 22.5. The second kappa shape index (κ2) is 10.5. The lowest BCUT2D eigenvalue weighted by Gasteiger charge is -2.32. The van der Waals surface area contributed by atoms with Crippen molar-refractivity contribution in [3.05, 3.63) is 58.5 Å². The van der Waals surface area contributed by atoms with E-state index >= 15 is 0 Å². The molecule has 7 heteroatoms. The van der Waals surface area contributed by atoms with E-state index in [9.17, 15) is 23.1 Å². The van der Waals surface area contributed by atoms with Crippen LogP contribution >= 0.6 is 11.3 Å². The minimum absolute atomic E-state index is 0.204. The van der Waals surface area contributed by atoms with Crippen LogP contribution in [0.5, 0.6) is 5.75 Å². The Balaban J connectivity index is 2.41. The number of hydrogen-bond acceptors (Lipinski definition) is 3. The minimum Gasteiger partial charge on any atom is -0.483 e. The van der Waals surface area contributed by atoms with Gasteiger partial charge in [0, 0.05) is 32.2 Å². The third kappa shape index (κ3) is 6.38. The van der Waals surface area contributed by atoms with Crippen molar-refractivity contribution >= 4 is 33.0 Å². The monoisotopic (exact) mass is 532 g/mol. The molecule has 0 unspecified atom stereocenters. The van der Waals surface area contributed by atoms with E-state index in [4.69, 9.17) is 4.74 Å². The Morgan fingerprint density at radius 2 is 1.65 bits per heavy atom. The first-order chi connectivity index (χ1) is 17.1. The van der Waals surface area contributed by atoms with Gasteiger partial charge in [0.05, 0.1) is 0 Å². The number of carboxylic acids is 1. The van der Waals surface area contributed by atoms with Gasteiger partial charge in [-0.3, -0.25) is 0 Å². The van der Waals surface area contributed by atoms with Crippen LogP contribution in [0.2, 0.25) is 0 Å². The van der Waals surface area contributed by atoms with Crippen molar-refractivity contribution in [2.45, 2.75) is 78.3 Å². The van der Waals surface area contributed by atoms with Gasteiger partial charge in [-0.1, -0.05) is 59.7 Å². The van der Waals surface area contributed by atoms with Gasteiger partial charge in [0.25, 0.3) is 0 Å². The van der Waals surface area contributed by atoms with Gasteiger partial charge in [0.1, 0.15) is 5.75 Å². The van der Waals surface area contributed by atoms with Crippen molar-refractivity contribution in [2.75, 3.05) is 6.61 Å². The predicted molar refractivity (Wildman–Crippen MR) is 147 cm³/mol. The summed E-state index contributed by atoms with van der Waals surface area (Å²) in [5, 5.41) is 10.0. The summed E-state index contributed by atoms with van der Waals surface area (Å²) in [4.78, 5) is 12.0. The highest BCUT2D eigenvalue weighted by atomic mass is 32.1. The van der Waals surface area contributed by atoms with E-state index in [0.29, 0.717) is 11.1 Å². The molecule has 0 saturated heterocycles. The second-order valence-corrected chi connectivity index (χ2v) is 11.9. The van der Waals surface area contributed by atoms with Gasteiger partial charge in [0.15, 0.2) is 6.61 Å². The van der Waals surface area contributed by atoms with Gasteiger partial charge < -0.3 is 9.84 Å². The molecule has 1 N–H and O–H groups in total. The average molecular weight is 533 g/mol. The Morgan fingerprint density at radius 3 is 2.22 bits per heavy atom. The third-order valence-electron chi connectivity index (χ3n) is 7.33. The maximum Gasteiger partial charge on any atom is 0.422 e. The van der Waals surface area contributed by atoms with Gasteiger partial charge in [0.2, 0.25) is 0 Å². The van der Waals surface area contributed by atoms with Crippen LogP contribution in [0.15, 0.2) is 42.5 Å². The Morgan fingerprint density at radius 1 is 1.00 bits per heavy atom. The Hall–Kier alpha value is -2.80. The fourth-order valence-electron chi connectivity index (χ4n) is 4.17. The normalized spacial score (nSPS) is 13.3. The van der Waals surface area contributed by atoms with Crippen molar-refractivity contribution in [3.8, 4) is 16.9 Å². The number of alkyl halides is 3. The van der Waals surface area contributed by atoms with Crippen LogP contribution in [-0.2, 0) is 15.6 Å². The average Bonchev–Trinajstić information content (AvgIpc) is 3.26. The first-order valence-corrected chi connectivity index (χ1v) is 13.2. The number of rotatable bonds is 9. The van der Waals surface area contributed by atoms with E-state index in [0.717, 1.165) is 50.6 Å². The predicted octanol–water partition coefficient (Wildman–Crippen LogP) is 9.37. The standard InChI is InChI=1S/C30H35F3O3S/c1-8-28(4,5)19-14-22(27(36-17-30(31,32)33)23(15-19)29(6,7)9-2)20-11-10-12-24-21(20)16-25(37-24)18(3)13-26(34)35/h10-16H,8-9,17H2,1-7H3,(H,34,35)/b18-13-. The lowest BCUT2D eigenvalue weighted by Crippen LogP contribution is -2.25. The topological polar surface area (TPSA) is 46.5 Å². The third-order valence-corrected chi connectivity index (χ3v) is 8.56. The van der Waals surface area contributed by atoms with E-state index in [1.54, 1.807) is 6.92 Å². The molecule has 0 radical (unpaired) electrons. The molecule has 0 saturated carbocycles. The summed E-state index contributed by atoms with van der Waals surface area (Å²) >= 11 is 1.46. The Kier molecular flexibility index (Phi) is 8.18. The van der Waals surface area contributed by atoms with Crippen molar-refractivity contribution < 1.29 is 27.8 Å². The van der Waals surface area contributed by atoms with E-state index in [-0.39, 0.29) is 11.2 Å². The maximum absolute atomic E-state index is 13.4. The van der Waals surface area contributed by atoms with Crippen LogP contribution in [0.4, 0.5) is 13.2 Å². The molecule has 1 heterocycles. The van der Waals surface area contributed by atoms with Crippen LogP contribution in [0.3, 0.4) is 0 Å². The van der Waals surface area contributed by atoms with Crippen molar-refractivity contribution in [1.82, 2.24) is 0 Å². The fraction of sp³-hybridized carbons (Fsp3) is 0.433. The Bertz CT molecular complexity index is 1330. The number of carboxylic acid groups (broad SMARTS) is 1. The number of benzene rings is 2. The van der Waals surface area contributed by atoms with Gasteiger partial charge >= 0.3 is 12.1 Å². The summed E-state index contributed by atoms with van der Waals surface area (Å²) in [6.45, 7) is 12.8. The van der Waals surface area contributed by atoms with Gasteiger partial charge in [-0.25, -0.2) is 4.79 Å². The molecule has 0 aliphatic heterocycles. The Labute approximate surface area is 221 Å². The molecule has 2 aromatic carbocycles. The molecule has 3 aromatic rings. The smallest absolute Gasteiger partial charge is 0.422 e. The molecular weight excluding hydrogens is 497 g/mol. The quantitative estimate of drug-likeness (QED) is 0.279. The van der Waals surface area contributed by atoms with E-state index in [1.165, 1.54) is 11.3 Å². The number of carbonyl (C=O) groups is 1. The lowest BCUT2D eigenvalue weighted by atomic mass is 9.74. The minimum atomic E-state index is -4.48. The van der Waals surface area contributed by atoms with E-state index < -0.39 is 24.2 Å². The number of hydrogen-bond donors (Lipinski definition) is 1. The lowest BCUT2D eigenvalue weighted by molar-refractivity contribution is -0.153. The van der Waals surface area contributed by atoms with Crippen LogP contribution in [0, 0.1) is 0 Å². The molecule has 0 bridgehead atoms. The van der Waals surface area contributed by atoms with Gasteiger partial charge in [-0.15, -0.1) is 11.3 Å². The van der Waals surface area contributed by atoms with Crippen LogP contribution in [-0.4, -0.2) is 23.9 Å². The van der Waals surface area contributed by atoms with Gasteiger partial charge in [-0.05, 0) is 65.5 Å². The van der Waals surface area contributed by atoms with Crippen molar-refractivity contribution in [2.24, 2.45) is 0 Å². The molecule has 3 nitrogen and oxygen atoms in total. The van der Waals surface area contributed by atoms with E-state index in [1.807, 2.05) is 57.2 Å². The molecule has 200 valence electrons. The largest absolute Gasteiger partial charge is 0.483 e. The van der Waals surface area contributed by atoms with Crippen molar-refractivity contribution in [3.63, 3.8) is 0 Å². The van der Waals surface area contributed by atoms with Crippen LogP contribution < -0.4 is 4.74 Å². The van der Waals surface area contributed by atoms with Crippen LogP contribution in [0.1, 0.15) is 77.3 Å². The summed E-state index contributed by atoms with van der Waals surface area (Å²) < 4.78 is 46.7. The summed E-state index contributed by atoms with van der Waals surface area (Å²) in [6, 6.07) is 11.6. The second-order valence-electron chi connectivity index (χ2n) is 10.8. The molecule has 0 spiro atoms. The van der Waals surface area contributed by atoms with Crippen LogP contribution in [0.25, 0.3) is 26.8 Å². The highest BCUT2D eigenvalue weighted by Gasteiger charge is 2.33. The first kappa shape index (κ1) is 28.8.